The molecular formula is C11H8F3N5O2. The fraction of sp³-hybridized carbons (Fsp3) is 0. The van der Waals surface area contributed by atoms with Crippen LogP contribution in [0, 0.1) is 27.6 Å². The lowest BCUT2D eigenvalue weighted by Gasteiger charge is -2.08. The number of nitrogens with two attached hydrogens (primary N) is 1. The summed E-state index contributed by atoms with van der Waals surface area (Å²) in [4.78, 5) is 13.9. The SMILES string of the molecule is NNc1cc([N+](=O)[O-])cc(Nc2cc(F)c(F)c(F)c2)n1. The molecule has 7 nitrogen and oxygen atoms in total. The lowest BCUT2D eigenvalue weighted by Crippen LogP contribution is -2.10. The molecule has 1 aromatic carbocycles. The Kier molecular flexibility index (Phi) is 3.89. The molecule has 2 rings (SSSR count). The van der Waals surface area contributed by atoms with Crippen LogP contribution < -0.4 is 16.6 Å². The van der Waals surface area contributed by atoms with E-state index in [1.807, 2.05) is 0 Å². The van der Waals surface area contributed by atoms with Gasteiger partial charge in [0.1, 0.15) is 11.6 Å². The van der Waals surface area contributed by atoms with E-state index in [1.165, 1.54) is 0 Å². The number of pyridine rings is 1. The van der Waals surface area contributed by atoms with Gasteiger partial charge in [0.25, 0.3) is 5.69 Å². The first-order chi connectivity index (χ1) is 9.90. The van der Waals surface area contributed by atoms with Crippen LogP contribution in [-0.2, 0) is 0 Å². The van der Waals surface area contributed by atoms with Gasteiger partial charge < -0.3 is 10.7 Å². The normalized spacial score (nSPS) is 10.3. The van der Waals surface area contributed by atoms with E-state index < -0.39 is 22.4 Å². The minimum Gasteiger partial charge on any atom is -0.340 e. The molecule has 1 heterocycles. The minimum atomic E-state index is -1.61. The summed E-state index contributed by atoms with van der Waals surface area (Å²) in [6.45, 7) is 0. The van der Waals surface area contributed by atoms with Crippen molar-refractivity contribution in [2.24, 2.45) is 5.84 Å². The molecule has 0 spiro atoms. The summed E-state index contributed by atoms with van der Waals surface area (Å²) in [6.07, 6.45) is 0. The maximum absolute atomic E-state index is 13.1. The van der Waals surface area contributed by atoms with Gasteiger partial charge in [0.2, 0.25) is 0 Å². The molecule has 0 unspecified atom stereocenters. The van der Waals surface area contributed by atoms with Gasteiger partial charge in [-0.15, -0.1) is 0 Å². The first-order valence-corrected chi connectivity index (χ1v) is 5.45. The summed E-state index contributed by atoms with van der Waals surface area (Å²) >= 11 is 0. The monoisotopic (exact) mass is 299 g/mol. The van der Waals surface area contributed by atoms with Crippen LogP contribution in [0.5, 0.6) is 0 Å². The zero-order chi connectivity index (χ0) is 15.6. The van der Waals surface area contributed by atoms with E-state index in [-0.39, 0.29) is 23.0 Å². The van der Waals surface area contributed by atoms with Crippen molar-refractivity contribution >= 4 is 23.0 Å². The predicted molar refractivity (Wildman–Crippen MR) is 68.3 cm³/mol. The fourth-order valence-corrected chi connectivity index (χ4v) is 1.54. The fourth-order valence-electron chi connectivity index (χ4n) is 1.54. The van der Waals surface area contributed by atoms with E-state index in [2.05, 4.69) is 15.7 Å². The van der Waals surface area contributed by atoms with Crippen LogP contribution in [-0.4, -0.2) is 9.91 Å². The van der Waals surface area contributed by atoms with Crippen molar-refractivity contribution in [1.82, 2.24) is 4.98 Å². The van der Waals surface area contributed by atoms with Gasteiger partial charge in [-0.05, 0) is 0 Å². The van der Waals surface area contributed by atoms with Crippen LogP contribution in [0.25, 0.3) is 0 Å². The predicted octanol–water partition coefficient (Wildman–Crippen LogP) is 2.44. The number of nitrogens with zero attached hydrogens (tertiary/aromatic N) is 2. The minimum absolute atomic E-state index is 0.0326. The van der Waals surface area contributed by atoms with E-state index in [0.29, 0.717) is 12.1 Å². The number of aromatic nitrogens is 1. The highest BCUT2D eigenvalue weighted by atomic mass is 19.2. The lowest BCUT2D eigenvalue weighted by atomic mass is 10.2. The Hall–Kier alpha value is -2.88. The second-order valence-electron chi connectivity index (χ2n) is 3.88. The lowest BCUT2D eigenvalue weighted by molar-refractivity contribution is -0.384. The third-order valence-corrected chi connectivity index (χ3v) is 2.43. The summed E-state index contributed by atoms with van der Waals surface area (Å²) in [5.41, 5.74) is 1.61. The van der Waals surface area contributed by atoms with Gasteiger partial charge in [-0.2, -0.15) is 0 Å². The number of nitro groups is 1. The van der Waals surface area contributed by atoms with Gasteiger partial charge in [-0.1, -0.05) is 0 Å². The highest BCUT2D eigenvalue weighted by molar-refractivity contribution is 5.62. The number of hydrazine groups is 1. The van der Waals surface area contributed by atoms with Crippen molar-refractivity contribution in [3.63, 3.8) is 0 Å². The third kappa shape index (κ3) is 3.17. The Morgan fingerprint density at radius 1 is 1.10 bits per heavy atom. The van der Waals surface area contributed by atoms with Crippen molar-refractivity contribution in [1.29, 1.82) is 0 Å². The maximum atomic E-state index is 13.1. The summed E-state index contributed by atoms with van der Waals surface area (Å²) < 4.78 is 39.0. The van der Waals surface area contributed by atoms with E-state index in [4.69, 9.17) is 5.84 Å². The zero-order valence-electron chi connectivity index (χ0n) is 10.2. The van der Waals surface area contributed by atoms with Gasteiger partial charge in [-0.25, -0.2) is 24.0 Å². The zero-order valence-corrected chi connectivity index (χ0v) is 10.2. The standard InChI is InChI=1S/C11H8F3N5O2/c12-7-1-5(2-8(13)11(7)14)16-9-3-6(19(20)21)4-10(17-9)18-15/h1-4H,15H2,(H2,16,17,18). The van der Waals surface area contributed by atoms with E-state index in [9.17, 15) is 23.3 Å². The summed E-state index contributed by atoms with van der Waals surface area (Å²) in [5, 5.41) is 13.2. The van der Waals surface area contributed by atoms with E-state index in [1.54, 1.807) is 0 Å². The molecule has 0 amide bonds. The number of nitrogens with one attached hydrogen (secondary N) is 2. The van der Waals surface area contributed by atoms with Gasteiger partial charge >= 0.3 is 0 Å². The average Bonchev–Trinajstić information content (AvgIpc) is 2.44. The second kappa shape index (κ2) is 5.63. The number of hydrogen-bond donors (Lipinski definition) is 3. The molecule has 0 radical (unpaired) electrons. The van der Waals surface area contributed by atoms with Crippen molar-refractivity contribution < 1.29 is 18.1 Å². The highest BCUT2D eigenvalue weighted by Crippen LogP contribution is 2.24. The summed E-state index contributed by atoms with van der Waals surface area (Å²) in [6, 6.07) is 3.47. The molecule has 0 aliphatic heterocycles. The van der Waals surface area contributed by atoms with Gasteiger partial charge in [0.05, 0.1) is 17.1 Å². The number of nitrogen functional groups attached to an aromatic ring is 1. The molecule has 0 saturated carbocycles. The molecule has 0 fully saturated rings. The van der Waals surface area contributed by atoms with Gasteiger partial charge in [0.15, 0.2) is 17.5 Å². The molecule has 4 N–H and O–H groups in total. The topological polar surface area (TPSA) is 106 Å². The number of anilines is 3. The first-order valence-electron chi connectivity index (χ1n) is 5.45. The Bertz CT molecular complexity index is 687. The van der Waals surface area contributed by atoms with Crippen LogP contribution in [0.2, 0.25) is 0 Å². The molecule has 0 aliphatic rings. The first kappa shape index (κ1) is 14.5. The van der Waals surface area contributed by atoms with Crippen molar-refractivity contribution in [2.45, 2.75) is 0 Å². The largest absolute Gasteiger partial charge is 0.340 e. The van der Waals surface area contributed by atoms with E-state index in [0.717, 1.165) is 12.1 Å². The number of hydrogen-bond acceptors (Lipinski definition) is 6. The van der Waals surface area contributed by atoms with Crippen molar-refractivity contribution in [3.05, 3.63) is 51.8 Å². The van der Waals surface area contributed by atoms with Crippen LogP contribution in [0.4, 0.5) is 36.2 Å². The molecule has 21 heavy (non-hydrogen) atoms. The molecule has 110 valence electrons. The van der Waals surface area contributed by atoms with Crippen LogP contribution in [0.3, 0.4) is 0 Å². The Labute approximate surface area is 115 Å². The number of rotatable bonds is 4. The second-order valence-corrected chi connectivity index (χ2v) is 3.88. The van der Waals surface area contributed by atoms with Crippen molar-refractivity contribution in [2.75, 3.05) is 10.7 Å². The summed E-state index contributed by atoms with van der Waals surface area (Å²) in [7, 11) is 0. The molecular weight excluding hydrogens is 291 g/mol. The summed E-state index contributed by atoms with van der Waals surface area (Å²) in [5.74, 6) is 0.570. The Morgan fingerprint density at radius 2 is 1.67 bits per heavy atom. The average molecular weight is 299 g/mol. The highest BCUT2D eigenvalue weighted by Gasteiger charge is 2.14. The van der Waals surface area contributed by atoms with Gasteiger partial charge in [-0.3, -0.25) is 10.1 Å². The molecule has 1 aromatic heterocycles. The smallest absolute Gasteiger partial charge is 0.276 e. The quantitative estimate of drug-likeness (QED) is 0.346. The molecule has 0 aliphatic carbocycles. The maximum Gasteiger partial charge on any atom is 0.276 e. The van der Waals surface area contributed by atoms with E-state index >= 15 is 0 Å². The molecule has 0 saturated heterocycles. The van der Waals surface area contributed by atoms with Crippen LogP contribution in [0.1, 0.15) is 0 Å². The molecule has 0 atom stereocenters. The number of halogens is 3. The third-order valence-electron chi connectivity index (χ3n) is 2.43. The van der Waals surface area contributed by atoms with Crippen molar-refractivity contribution in [3.8, 4) is 0 Å². The van der Waals surface area contributed by atoms with Crippen LogP contribution in [0.15, 0.2) is 24.3 Å². The molecule has 2 aromatic rings. The number of benzene rings is 1. The Balaban J connectivity index is 2.39. The van der Waals surface area contributed by atoms with Crippen LogP contribution >= 0.6 is 0 Å². The molecule has 10 heteroatoms. The van der Waals surface area contributed by atoms with Gasteiger partial charge in [0, 0.05) is 17.8 Å². The molecule has 0 bridgehead atoms. The Morgan fingerprint density at radius 3 is 2.19 bits per heavy atom.